The molecule has 1 saturated carbocycles. The van der Waals surface area contributed by atoms with Gasteiger partial charge >= 0.3 is 11.9 Å². The standard InChI is InChI=1S/C52H68O7Si2/c1-36-32-37(2)47(50(54)55-30-31-60(9,10)11)44(33-36)43-34-40(43)35-46-48(58-52(7,8)57-46)45(56-49(53)39-23-15-12-16-24-39)29-21-22-38(3)59-61(51(4,5)6,41-25-17-13-18-26-41)42-27-19-14-20-28-42/h12-21,23-29,32-33,38,40,43,45-46,48H,22,30-31,34-35H2,1-11H3/b29-21-/t38-,40?,43?,45?,46+,48+/m0/s1. The van der Waals surface area contributed by atoms with E-state index in [1.807, 2.05) is 45.0 Å². The van der Waals surface area contributed by atoms with Crippen molar-refractivity contribution in [2.24, 2.45) is 5.92 Å². The Balaban J connectivity index is 1.24. The van der Waals surface area contributed by atoms with E-state index in [4.69, 9.17) is 23.4 Å². The fourth-order valence-electron chi connectivity index (χ4n) is 9.03. The molecule has 2 fully saturated rings. The Kier molecular flexibility index (Phi) is 14.5. The molecule has 4 aromatic rings. The molecule has 0 N–H and O–H groups in total. The lowest BCUT2D eigenvalue weighted by Crippen LogP contribution is -2.67. The van der Waals surface area contributed by atoms with Crippen molar-refractivity contribution in [3.63, 3.8) is 0 Å². The highest BCUT2D eigenvalue weighted by atomic mass is 28.4. The van der Waals surface area contributed by atoms with Gasteiger partial charge in [-0.2, -0.15) is 0 Å². The van der Waals surface area contributed by atoms with Gasteiger partial charge in [0.25, 0.3) is 8.32 Å². The van der Waals surface area contributed by atoms with Crippen molar-refractivity contribution in [2.75, 3.05) is 6.61 Å². The Labute approximate surface area is 367 Å². The zero-order chi connectivity index (χ0) is 44.2. The summed E-state index contributed by atoms with van der Waals surface area (Å²) in [4.78, 5) is 27.4. The lowest BCUT2D eigenvalue weighted by atomic mass is 9.93. The molecule has 6 atom stereocenters. The highest BCUT2D eigenvalue weighted by molar-refractivity contribution is 6.99. The minimum atomic E-state index is -2.79. The lowest BCUT2D eigenvalue weighted by molar-refractivity contribution is -0.153. The van der Waals surface area contributed by atoms with E-state index in [1.165, 1.54) is 10.4 Å². The molecule has 2 aliphatic rings. The van der Waals surface area contributed by atoms with E-state index in [-0.39, 0.29) is 35.1 Å². The number of benzene rings is 4. The summed E-state index contributed by atoms with van der Waals surface area (Å²) in [6.45, 7) is 24.2. The number of carbonyl (C=O) groups is 2. The molecule has 7 nitrogen and oxygen atoms in total. The molecule has 0 aromatic heterocycles. The predicted molar refractivity (Wildman–Crippen MR) is 251 cm³/mol. The molecule has 1 aliphatic carbocycles. The van der Waals surface area contributed by atoms with Crippen LogP contribution in [0.15, 0.2) is 115 Å². The zero-order valence-corrected chi connectivity index (χ0v) is 40.3. The van der Waals surface area contributed by atoms with Crippen LogP contribution in [0.5, 0.6) is 0 Å². The molecule has 0 bridgehead atoms. The van der Waals surface area contributed by atoms with Gasteiger partial charge in [0.15, 0.2) is 5.79 Å². The van der Waals surface area contributed by atoms with Gasteiger partial charge < -0.3 is 23.4 Å². The van der Waals surface area contributed by atoms with Gasteiger partial charge in [-0.1, -0.05) is 143 Å². The van der Waals surface area contributed by atoms with Crippen molar-refractivity contribution in [1.82, 2.24) is 0 Å². The average Bonchev–Trinajstić information content (AvgIpc) is 3.89. The van der Waals surface area contributed by atoms with Crippen molar-refractivity contribution in [2.45, 2.75) is 141 Å². The average molecular weight is 861 g/mol. The third-order valence-electron chi connectivity index (χ3n) is 12.0. The Bertz CT molecular complexity index is 2080. The minimum absolute atomic E-state index is 0.151. The zero-order valence-electron chi connectivity index (χ0n) is 38.3. The van der Waals surface area contributed by atoms with Crippen molar-refractivity contribution >= 4 is 38.7 Å². The second kappa shape index (κ2) is 19.1. The molecule has 0 radical (unpaired) electrons. The molecular weight excluding hydrogens is 793 g/mol. The topological polar surface area (TPSA) is 80.3 Å². The summed E-state index contributed by atoms with van der Waals surface area (Å²) in [5, 5.41) is 2.29. The first-order valence-corrected chi connectivity index (χ1v) is 27.7. The number of hydrogen-bond donors (Lipinski definition) is 0. The van der Waals surface area contributed by atoms with Gasteiger partial charge in [-0.05, 0) is 117 Å². The highest BCUT2D eigenvalue weighted by Crippen LogP contribution is 2.53. The van der Waals surface area contributed by atoms with Crippen LogP contribution in [0.2, 0.25) is 30.7 Å². The summed E-state index contributed by atoms with van der Waals surface area (Å²) in [5.41, 5.74) is 4.30. The molecular formula is C52H68O7Si2. The molecule has 61 heavy (non-hydrogen) atoms. The fraction of sp³-hybridized carbons (Fsp3) is 0.462. The van der Waals surface area contributed by atoms with Crippen LogP contribution >= 0.6 is 0 Å². The summed E-state index contributed by atoms with van der Waals surface area (Å²) < 4.78 is 32.9. The van der Waals surface area contributed by atoms with Gasteiger partial charge in [-0.15, -0.1) is 0 Å². The van der Waals surface area contributed by atoms with Crippen molar-refractivity contribution in [1.29, 1.82) is 0 Å². The molecule has 1 saturated heterocycles. The number of carbonyl (C=O) groups excluding carboxylic acids is 2. The smallest absolute Gasteiger partial charge is 0.338 e. The number of ether oxygens (including phenoxy) is 4. The highest BCUT2D eigenvalue weighted by Gasteiger charge is 2.52. The predicted octanol–water partition coefficient (Wildman–Crippen LogP) is 10.9. The van der Waals surface area contributed by atoms with E-state index in [2.05, 4.69) is 133 Å². The Morgan fingerprint density at radius 1 is 0.852 bits per heavy atom. The summed E-state index contributed by atoms with van der Waals surface area (Å²) in [5.74, 6) is -1.10. The third kappa shape index (κ3) is 11.5. The van der Waals surface area contributed by atoms with Crippen LogP contribution in [-0.4, -0.2) is 65.1 Å². The molecule has 4 aromatic carbocycles. The molecule has 0 amide bonds. The second-order valence-electron chi connectivity index (χ2n) is 20.0. The van der Waals surface area contributed by atoms with Crippen LogP contribution in [0, 0.1) is 19.8 Å². The van der Waals surface area contributed by atoms with Crippen LogP contribution < -0.4 is 10.4 Å². The monoisotopic (exact) mass is 860 g/mol. The van der Waals surface area contributed by atoms with Crippen molar-refractivity contribution < 1.29 is 33.0 Å². The molecule has 1 heterocycles. The quantitative estimate of drug-likeness (QED) is 0.0594. The number of aryl methyl sites for hydroxylation is 2. The Hall–Kier alpha value is -4.13. The lowest BCUT2D eigenvalue weighted by Gasteiger charge is -2.44. The van der Waals surface area contributed by atoms with E-state index >= 15 is 0 Å². The SMILES string of the molecule is Cc1cc(C)c(C(=O)OCC[Si](C)(C)C)c(C2CC2C[C@H]2OC(C)(C)O[C@@H]2C(/C=C\C[C@H](C)O[Si](c2ccccc2)(c2ccccc2)C(C)(C)C)OC(=O)c2ccccc2)c1. The first kappa shape index (κ1) is 46.4. The Morgan fingerprint density at radius 3 is 2.02 bits per heavy atom. The van der Waals surface area contributed by atoms with Gasteiger partial charge in [0.2, 0.25) is 0 Å². The van der Waals surface area contributed by atoms with Gasteiger partial charge in [0.1, 0.15) is 12.2 Å². The number of esters is 2. The van der Waals surface area contributed by atoms with Gasteiger partial charge in [-0.3, -0.25) is 0 Å². The molecule has 3 unspecified atom stereocenters. The number of hydrogen-bond acceptors (Lipinski definition) is 7. The van der Waals surface area contributed by atoms with E-state index in [0.29, 0.717) is 30.6 Å². The summed E-state index contributed by atoms with van der Waals surface area (Å²) in [6, 6.07) is 35.6. The van der Waals surface area contributed by atoms with E-state index in [9.17, 15) is 9.59 Å². The number of rotatable bonds is 17. The first-order valence-electron chi connectivity index (χ1n) is 22.1. The molecule has 1 aliphatic heterocycles. The minimum Gasteiger partial charge on any atom is -0.462 e. The fourth-order valence-corrected chi connectivity index (χ4v) is 14.5. The maximum Gasteiger partial charge on any atom is 0.338 e. The van der Waals surface area contributed by atoms with Crippen LogP contribution in [-0.2, 0) is 23.4 Å². The Morgan fingerprint density at radius 2 is 1.44 bits per heavy atom. The van der Waals surface area contributed by atoms with Crippen LogP contribution in [0.1, 0.15) is 104 Å². The third-order valence-corrected chi connectivity index (χ3v) is 18.9. The van der Waals surface area contributed by atoms with E-state index < -0.39 is 40.4 Å². The molecule has 9 heteroatoms. The maximum atomic E-state index is 13.7. The normalized spacial score (nSPS) is 21.2. The molecule has 6 rings (SSSR count). The van der Waals surface area contributed by atoms with Crippen molar-refractivity contribution in [3.05, 3.63) is 143 Å². The largest absolute Gasteiger partial charge is 0.462 e. The first-order chi connectivity index (χ1) is 28.8. The second-order valence-corrected chi connectivity index (χ2v) is 29.8. The van der Waals surface area contributed by atoms with Gasteiger partial charge in [0, 0.05) is 14.2 Å². The maximum absolute atomic E-state index is 13.7. The van der Waals surface area contributed by atoms with Crippen LogP contribution in [0.25, 0.3) is 0 Å². The van der Waals surface area contributed by atoms with E-state index in [1.54, 1.807) is 12.1 Å². The summed E-state index contributed by atoms with van der Waals surface area (Å²) >= 11 is 0. The van der Waals surface area contributed by atoms with E-state index in [0.717, 1.165) is 29.2 Å². The van der Waals surface area contributed by atoms with Crippen molar-refractivity contribution in [3.8, 4) is 0 Å². The van der Waals surface area contributed by atoms with Crippen LogP contribution in [0.4, 0.5) is 0 Å². The molecule has 326 valence electrons. The molecule has 0 spiro atoms. The summed E-state index contributed by atoms with van der Waals surface area (Å²) in [7, 11) is -4.15. The van der Waals surface area contributed by atoms with Crippen LogP contribution in [0.3, 0.4) is 0 Å². The summed E-state index contributed by atoms with van der Waals surface area (Å²) in [6.07, 6.45) is 4.47. The van der Waals surface area contributed by atoms with Gasteiger partial charge in [0.05, 0.1) is 23.8 Å². The van der Waals surface area contributed by atoms with Gasteiger partial charge in [-0.25, -0.2) is 9.59 Å².